The average molecular weight is 354 g/mol. The summed E-state index contributed by atoms with van der Waals surface area (Å²) in [5.74, 6) is 5.14. The van der Waals surface area contributed by atoms with Crippen molar-refractivity contribution in [3.63, 3.8) is 0 Å². The monoisotopic (exact) mass is 354 g/mol. The van der Waals surface area contributed by atoms with E-state index in [1.54, 1.807) is 30.4 Å². The number of aliphatic hydroxyl groups is 2. The predicted octanol–water partition coefficient (Wildman–Crippen LogP) is 3.27. The van der Waals surface area contributed by atoms with Crippen molar-refractivity contribution in [2.24, 2.45) is 0 Å². The van der Waals surface area contributed by atoms with Crippen LogP contribution in [0.5, 0.6) is 0 Å². The number of benzene rings is 1. The molecule has 3 N–H and O–H groups in total. The molecule has 0 aliphatic rings. The van der Waals surface area contributed by atoms with Crippen molar-refractivity contribution < 1.29 is 20.1 Å². The second kappa shape index (κ2) is 13.7. The Bertz CT molecular complexity index is 662. The molecule has 0 spiro atoms. The summed E-state index contributed by atoms with van der Waals surface area (Å²) in [6.07, 6.45) is 10.5. The van der Waals surface area contributed by atoms with E-state index in [9.17, 15) is 15.0 Å². The molecule has 0 amide bonds. The maximum absolute atomic E-state index is 10.4. The standard InChI is InChI=1S/C22H26O4/c23-20(21(24)17-12-18-22(25)26)16-11-6-4-2-1-3-5-8-13-19-14-9-7-10-15-19/h1-2,4,6-7,9-11,14-16,20-21,23-24H,8,12-13,17-18H2,(H,25,26)/b2-1-,6-4+,16-11+/t20-,21+/m1/s1. The number of rotatable bonds is 10. The molecule has 2 atom stereocenters. The van der Waals surface area contributed by atoms with Gasteiger partial charge < -0.3 is 15.3 Å². The van der Waals surface area contributed by atoms with E-state index in [1.165, 1.54) is 11.6 Å². The van der Waals surface area contributed by atoms with Crippen LogP contribution in [-0.4, -0.2) is 33.5 Å². The van der Waals surface area contributed by atoms with E-state index in [1.807, 2.05) is 18.2 Å². The van der Waals surface area contributed by atoms with Crippen LogP contribution in [0.1, 0.15) is 31.2 Å². The number of carboxylic acid groups (broad SMARTS) is 1. The summed E-state index contributed by atoms with van der Waals surface area (Å²) >= 11 is 0. The third kappa shape index (κ3) is 11.0. The molecule has 0 saturated carbocycles. The summed E-state index contributed by atoms with van der Waals surface area (Å²) in [6, 6.07) is 10.2. The third-order valence-corrected chi connectivity index (χ3v) is 3.59. The lowest BCUT2D eigenvalue weighted by Crippen LogP contribution is -2.23. The highest BCUT2D eigenvalue weighted by atomic mass is 16.4. The Kier molecular flexibility index (Phi) is 11.3. The zero-order chi connectivity index (χ0) is 19.0. The van der Waals surface area contributed by atoms with Crippen LogP contribution < -0.4 is 0 Å². The fraction of sp³-hybridized carbons (Fsp3) is 0.318. The van der Waals surface area contributed by atoms with E-state index < -0.39 is 18.2 Å². The van der Waals surface area contributed by atoms with E-state index in [0.29, 0.717) is 6.42 Å². The Balaban J connectivity index is 2.20. The zero-order valence-corrected chi connectivity index (χ0v) is 14.8. The van der Waals surface area contributed by atoms with E-state index in [0.717, 1.165) is 12.8 Å². The molecule has 4 nitrogen and oxygen atoms in total. The van der Waals surface area contributed by atoms with Gasteiger partial charge in [-0.05, 0) is 30.9 Å². The fourth-order valence-electron chi connectivity index (χ4n) is 2.15. The van der Waals surface area contributed by atoms with Crippen LogP contribution in [0.25, 0.3) is 0 Å². The quantitative estimate of drug-likeness (QED) is 0.445. The normalized spacial score (nSPS) is 13.8. The number of carbonyl (C=O) groups is 1. The summed E-state index contributed by atoms with van der Waals surface area (Å²) in [5, 5.41) is 27.9. The molecule has 138 valence electrons. The van der Waals surface area contributed by atoms with Gasteiger partial charge in [-0.15, -0.1) is 0 Å². The third-order valence-electron chi connectivity index (χ3n) is 3.59. The van der Waals surface area contributed by atoms with E-state index in [4.69, 9.17) is 5.11 Å². The second-order valence-corrected chi connectivity index (χ2v) is 5.78. The van der Waals surface area contributed by atoms with Crippen LogP contribution in [0.3, 0.4) is 0 Å². The second-order valence-electron chi connectivity index (χ2n) is 5.78. The SMILES string of the molecule is O=C(O)CCC[C@H](O)[C@H](O)/C=C/C=C/C=C\C#CCCc1ccccc1. The topological polar surface area (TPSA) is 77.8 Å². The van der Waals surface area contributed by atoms with Gasteiger partial charge in [-0.1, -0.05) is 72.6 Å². The lowest BCUT2D eigenvalue weighted by atomic mass is 10.1. The molecule has 0 heterocycles. The summed E-state index contributed by atoms with van der Waals surface area (Å²) in [4.78, 5) is 10.4. The van der Waals surface area contributed by atoms with E-state index in [-0.39, 0.29) is 12.8 Å². The van der Waals surface area contributed by atoms with Gasteiger partial charge in [-0.25, -0.2) is 0 Å². The summed E-state index contributed by atoms with van der Waals surface area (Å²) in [6.45, 7) is 0. The lowest BCUT2D eigenvalue weighted by Gasteiger charge is -2.13. The zero-order valence-electron chi connectivity index (χ0n) is 14.8. The maximum atomic E-state index is 10.4. The molecular formula is C22H26O4. The molecule has 4 heteroatoms. The molecule has 0 bridgehead atoms. The van der Waals surface area contributed by atoms with Crippen LogP contribution in [0.2, 0.25) is 0 Å². The van der Waals surface area contributed by atoms with Gasteiger partial charge in [-0.3, -0.25) is 4.79 Å². The molecule has 1 aromatic rings. The van der Waals surface area contributed by atoms with Crippen LogP contribution in [-0.2, 0) is 11.2 Å². The van der Waals surface area contributed by atoms with Gasteiger partial charge >= 0.3 is 5.97 Å². The fourth-order valence-corrected chi connectivity index (χ4v) is 2.15. The van der Waals surface area contributed by atoms with Crippen LogP contribution in [0.4, 0.5) is 0 Å². The Labute approximate surface area is 155 Å². The van der Waals surface area contributed by atoms with Crippen molar-refractivity contribution >= 4 is 5.97 Å². The van der Waals surface area contributed by atoms with Gasteiger partial charge in [0.1, 0.15) is 0 Å². The smallest absolute Gasteiger partial charge is 0.303 e. The number of aliphatic hydroxyl groups excluding tert-OH is 2. The summed E-state index contributed by atoms with van der Waals surface area (Å²) < 4.78 is 0. The van der Waals surface area contributed by atoms with Crippen molar-refractivity contribution in [2.75, 3.05) is 0 Å². The van der Waals surface area contributed by atoms with Gasteiger partial charge in [0.15, 0.2) is 0 Å². The minimum Gasteiger partial charge on any atom is -0.481 e. The first-order valence-electron chi connectivity index (χ1n) is 8.70. The number of allylic oxidation sites excluding steroid dienone is 5. The Morgan fingerprint density at radius 2 is 1.81 bits per heavy atom. The molecule has 0 saturated heterocycles. The van der Waals surface area contributed by atoms with Crippen molar-refractivity contribution in [1.29, 1.82) is 0 Å². The number of hydrogen-bond acceptors (Lipinski definition) is 3. The largest absolute Gasteiger partial charge is 0.481 e. The minimum atomic E-state index is -1.00. The molecule has 26 heavy (non-hydrogen) atoms. The number of aliphatic carboxylic acids is 1. The first-order valence-corrected chi connectivity index (χ1v) is 8.70. The van der Waals surface area contributed by atoms with Crippen molar-refractivity contribution in [2.45, 2.75) is 44.3 Å². The highest BCUT2D eigenvalue weighted by Crippen LogP contribution is 2.06. The lowest BCUT2D eigenvalue weighted by molar-refractivity contribution is -0.137. The molecular weight excluding hydrogens is 328 g/mol. The highest BCUT2D eigenvalue weighted by molar-refractivity contribution is 5.66. The molecule has 0 radical (unpaired) electrons. The average Bonchev–Trinajstić information content (AvgIpc) is 2.63. The van der Waals surface area contributed by atoms with Crippen LogP contribution >= 0.6 is 0 Å². The molecule has 0 fully saturated rings. The van der Waals surface area contributed by atoms with Crippen molar-refractivity contribution in [3.8, 4) is 11.8 Å². The van der Waals surface area contributed by atoms with E-state index in [2.05, 4.69) is 24.0 Å². The van der Waals surface area contributed by atoms with Gasteiger partial charge in [0, 0.05) is 12.8 Å². The minimum absolute atomic E-state index is 0.00935. The van der Waals surface area contributed by atoms with Gasteiger partial charge in [0.2, 0.25) is 0 Å². The molecule has 0 aliphatic carbocycles. The molecule has 1 aromatic carbocycles. The highest BCUT2D eigenvalue weighted by Gasteiger charge is 2.12. The number of carboxylic acids is 1. The van der Waals surface area contributed by atoms with Gasteiger partial charge in [0.25, 0.3) is 0 Å². The first kappa shape index (κ1) is 21.4. The van der Waals surface area contributed by atoms with Crippen molar-refractivity contribution in [3.05, 3.63) is 72.4 Å². The molecule has 0 aliphatic heterocycles. The predicted molar refractivity (Wildman–Crippen MR) is 103 cm³/mol. The van der Waals surface area contributed by atoms with Crippen LogP contribution in [0.15, 0.2) is 66.8 Å². The molecule has 0 aromatic heterocycles. The van der Waals surface area contributed by atoms with E-state index >= 15 is 0 Å². The summed E-state index contributed by atoms with van der Waals surface area (Å²) in [5.41, 5.74) is 1.28. The van der Waals surface area contributed by atoms with Crippen LogP contribution in [0, 0.1) is 11.8 Å². The van der Waals surface area contributed by atoms with Gasteiger partial charge in [-0.2, -0.15) is 0 Å². The van der Waals surface area contributed by atoms with Crippen molar-refractivity contribution in [1.82, 2.24) is 0 Å². The first-order chi connectivity index (χ1) is 12.6. The Morgan fingerprint density at radius 3 is 2.54 bits per heavy atom. The summed E-state index contributed by atoms with van der Waals surface area (Å²) in [7, 11) is 0. The Hall–Kier alpha value is -2.61. The van der Waals surface area contributed by atoms with Gasteiger partial charge in [0.05, 0.1) is 12.2 Å². The molecule has 1 rings (SSSR count). The molecule has 0 unspecified atom stereocenters. The number of hydrogen-bond donors (Lipinski definition) is 3. The number of aryl methyl sites for hydroxylation is 1. The Morgan fingerprint density at radius 1 is 1.08 bits per heavy atom. The maximum Gasteiger partial charge on any atom is 0.303 e.